The highest BCUT2D eigenvalue weighted by molar-refractivity contribution is 6.33. The molecule has 2 aromatic rings. The van der Waals surface area contributed by atoms with Gasteiger partial charge in [0.2, 0.25) is 0 Å². The van der Waals surface area contributed by atoms with Gasteiger partial charge in [-0.05, 0) is 12.1 Å². The van der Waals surface area contributed by atoms with Crippen molar-refractivity contribution in [3.05, 3.63) is 41.0 Å². The fraction of sp³-hybridized carbons (Fsp3) is 0.357. The van der Waals surface area contributed by atoms with Gasteiger partial charge in [0, 0.05) is 43.9 Å². The summed E-state index contributed by atoms with van der Waals surface area (Å²) in [5, 5.41) is 7.97. The molecular formula is C14H16ClN3O. The zero-order valence-electron chi connectivity index (χ0n) is 10.6. The largest absolute Gasteiger partial charge is 0.356 e. The van der Waals surface area contributed by atoms with Crippen molar-refractivity contribution in [3.8, 4) is 11.3 Å². The van der Waals surface area contributed by atoms with Crippen LogP contribution in [0.25, 0.3) is 11.3 Å². The van der Waals surface area contributed by atoms with Crippen LogP contribution >= 0.6 is 11.6 Å². The van der Waals surface area contributed by atoms with Crippen LogP contribution in [0.15, 0.2) is 35.0 Å². The monoisotopic (exact) mass is 277 g/mol. The molecule has 1 fully saturated rings. The third-order valence-electron chi connectivity index (χ3n) is 3.37. The van der Waals surface area contributed by atoms with E-state index in [2.05, 4.69) is 15.4 Å². The maximum Gasteiger partial charge on any atom is 0.172 e. The Balaban J connectivity index is 1.84. The van der Waals surface area contributed by atoms with Gasteiger partial charge in [-0.1, -0.05) is 28.9 Å². The molecule has 1 aliphatic heterocycles. The Hall–Kier alpha value is -1.36. The summed E-state index contributed by atoms with van der Waals surface area (Å²) < 4.78 is 5.40. The molecule has 0 amide bonds. The number of hydrogen-bond donors (Lipinski definition) is 1. The molecule has 19 heavy (non-hydrogen) atoms. The molecule has 0 atom stereocenters. The van der Waals surface area contributed by atoms with Crippen LogP contribution in [-0.4, -0.2) is 36.2 Å². The van der Waals surface area contributed by atoms with Crippen molar-refractivity contribution in [1.29, 1.82) is 0 Å². The van der Waals surface area contributed by atoms with Gasteiger partial charge in [-0.25, -0.2) is 0 Å². The van der Waals surface area contributed by atoms with E-state index in [1.54, 1.807) is 6.20 Å². The minimum Gasteiger partial charge on any atom is -0.356 e. The molecule has 0 spiro atoms. The molecule has 0 aliphatic carbocycles. The fourth-order valence-electron chi connectivity index (χ4n) is 2.35. The third-order valence-corrected chi connectivity index (χ3v) is 3.70. The minimum absolute atomic E-state index is 0.695. The first-order chi connectivity index (χ1) is 9.34. The van der Waals surface area contributed by atoms with E-state index < -0.39 is 0 Å². The van der Waals surface area contributed by atoms with Crippen molar-refractivity contribution >= 4 is 11.6 Å². The standard InChI is InChI=1S/C14H16ClN3O/c15-13-4-2-1-3-12(13)14-11(9-17-19-14)10-18-7-5-16-6-8-18/h1-4,9,16H,5-8,10H2. The molecule has 1 aromatic carbocycles. The highest BCUT2D eigenvalue weighted by atomic mass is 35.5. The van der Waals surface area contributed by atoms with Gasteiger partial charge in [0.15, 0.2) is 5.76 Å². The van der Waals surface area contributed by atoms with E-state index in [0.29, 0.717) is 5.02 Å². The Morgan fingerprint density at radius 3 is 2.84 bits per heavy atom. The van der Waals surface area contributed by atoms with Crippen molar-refractivity contribution in [3.63, 3.8) is 0 Å². The van der Waals surface area contributed by atoms with Gasteiger partial charge in [0.05, 0.1) is 11.2 Å². The molecule has 0 radical (unpaired) electrons. The van der Waals surface area contributed by atoms with E-state index in [-0.39, 0.29) is 0 Å². The minimum atomic E-state index is 0.695. The van der Waals surface area contributed by atoms with E-state index in [1.807, 2.05) is 24.3 Å². The summed E-state index contributed by atoms with van der Waals surface area (Å²) in [5.41, 5.74) is 2.00. The van der Waals surface area contributed by atoms with Gasteiger partial charge < -0.3 is 9.84 Å². The highest BCUT2D eigenvalue weighted by Crippen LogP contribution is 2.30. The van der Waals surface area contributed by atoms with Crippen molar-refractivity contribution in [2.24, 2.45) is 0 Å². The predicted octanol–water partition coefficient (Wildman–Crippen LogP) is 2.40. The average molecular weight is 278 g/mol. The maximum absolute atomic E-state index is 6.22. The lowest BCUT2D eigenvalue weighted by Gasteiger charge is -2.26. The highest BCUT2D eigenvalue weighted by Gasteiger charge is 2.17. The number of nitrogens with one attached hydrogen (secondary N) is 1. The van der Waals surface area contributed by atoms with E-state index in [0.717, 1.165) is 49.6 Å². The molecule has 0 bridgehead atoms. The normalized spacial score (nSPS) is 16.7. The van der Waals surface area contributed by atoms with Crippen molar-refractivity contribution < 1.29 is 4.52 Å². The van der Waals surface area contributed by atoms with Crippen LogP contribution in [0.4, 0.5) is 0 Å². The molecule has 1 saturated heterocycles. The number of halogens is 1. The Morgan fingerprint density at radius 1 is 1.26 bits per heavy atom. The predicted molar refractivity (Wildman–Crippen MR) is 75.1 cm³/mol. The summed E-state index contributed by atoms with van der Waals surface area (Å²) in [6, 6.07) is 7.70. The Morgan fingerprint density at radius 2 is 2.05 bits per heavy atom. The first-order valence-corrected chi connectivity index (χ1v) is 6.84. The number of rotatable bonds is 3. The lowest BCUT2D eigenvalue weighted by Crippen LogP contribution is -2.42. The second-order valence-electron chi connectivity index (χ2n) is 4.69. The molecule has 0 saturated carbocycles. The van der Waals surface area contributed by atoms with Crippen molar-refractivity contribution in [2.45, 2.75) is 6.54 Å². The quantitative estimate of drug-likeness (QED) is 0.935. The topological polar surface area (TPSA) is 41.3 Å². The van der Waals surface area contributed by atoms with E-state index in [4.69, 9.17) is 16.1 Å². The summed E-state index contributed by atoms with van der Waals surface area (Å²) in [4.78, 5) is 2.39. The number of nitrogens with zero attached hydrogens (tertiary/aromatic N) is 2. The molecule has 5 heteroatoms. The number of piperazine rings is 1. The second-order valence-corrected chi connectivity index (χ2v) is 5.09. The van der Waals surface area contributed by atoms with E-state index >= 15 is 0 Å². The molecule has 2 heterocycles. The van der Waals surface area contributed by atoms with Crippen LogP contribution in [0.2, 0.25) is 5.02 Å². The van der Waals surface area contributed by atoms with Crippen molar-refractivity contribution in [1.82, 2.24) is 15.4 Å². The van der Waals surface area contributed by atoms with E-state index in [9.17, 15) is 0 Å². The van der Waals surface area contributed by atoms with Gasteiger partial charge in [-0.2, -0.15) is 0 Å². The molecule has 0 unspecified atom stereocenters. The van der Waals surface area contributed by atoms with Gasteiger partial charge in [0.1, 0.15) is 0 Å². The first-order valence-electron chi connectivity index (χ1n) is 6.46. The van der Waals surface area contributed by atoms with Gasteiger partial charge in [-0.3, -0.25) is 4.90 Å². The van der Waals surface area contributed by atoms with Crippen LogP contribution in [0.5, 0.6) is 0 Å². The molecular weight excluding hydrogens is 262 g/mol. The summed E-state index contributed by atoms with van der Waals surface area (Å²) in [6.07, 6.45) is 1.79. The second kappa shape index (κ2) is 5.74. The number of benzene rings is 1. The molecule has 1 aromatic heterocycles. The van der Waals surface area contributed by atoms with Gasteiger partial charge >= 0.3 is 0 Å². The lowest BCUT2D eigenvalue weighted by atomic mass is 10.1. The van der Waals surface area contributed by atoms with Gasteiger partial charge in [-0.15, -0.1) is 0 Å². The SMILES string of the molecule is Clc1ccccc1-c1oncc1CN1CCNCC1. The van der Waals surface area contributed by atoms with Crippen LogP contribution < -0.4 is 5.32 Å². The summed E-state index contributed by atoms with van der Waals surface area (Å²) in [5.74, 6) is 0.782. The Kier molecular flexibility index (Phi) is 3.82. The zero-order valence-corrected chi connectivity index (χ0v) is 11.4. The van der Waals surface area contributed by atoms with Gasteiger partial charge in [0.25, 0.3) is 0 Å². The zero-order chi connectivity index (χ0) is 13.1. The summed E-state index contributed by atoms with van der Waals surface area (Å²) >= 11 is 6.22. The Labute approximate surface area is 117 Å². The maximum atomic E-state index is 6.22. The fourth-order valence-corrected chi connectivity index (χ4v) is 2.57. The first kappa shape index (κ1) is 12.7. The number of aromatic nitrogens is 1. The summed E-state index contributed by atoms with van der Waals surface area (Å²) in [6.45, 7) is 5.02. The molecule has 3 rings (SSSR count). The van der Waals surface area contributed by atoms with Crippen LogP contribution in [-0.2, 0) is 6.54 Å². The lowest BCUT2D eigenvalue weighted by molar-refractivity contribution is 0.233. The van der Waals surface area contributed by atoms with E-state index in [1.165, 1.54) is 0 Å². The van der Waals surface area contributed by atoms with Crippen molar-refractivity contribution in [2.75, 3.05) is 26.2 Å². The van der Waals surface area contributed by atoms with Crippen LogP contribution in [0, 0.1) is 0 Å². The summed E-state index contributed by atoms with van der Waals surface area (Å²) in [7, 11) is 0. The van der Waals surface area contributed by atoms with Crippen LogP contribution in [0.3, 0.4) is 0 Å². The average Bonchev–Trinajstić information content (AvgIpc) is 2.88. The molecule has 4 nitrogen and oxygen atoms in total. The third kappa shape index (κ3) is 2.81. The smallest absolute Gasteiger partial charge is 0.172 e. The molecule has 100 valence electrons. The number of hydrogen-bond acceptors (Lipinski definition) is 4. The Bertz CT molecular complexity index is 549. The molecule has 1 N–H and O–H groups in total. The molecule has 1 aliphatic rings. The van der Waals surface area contributed by atoms with Crippen LogP contribution in [0.1, 0.15) is 5.56 Å².